The summed E-state index contributed by atoms with van der Waals surface area (Å²) in [7, 11) is 0. The van der Waals surface area contributed by atoms with Gasteiger partial charge in [-0.25, -0.2) is 0 Å². The summed E-state index contributed by atoms with van der Waals surface area (Å²) >= 11 is 0. The third kappa shape index (κ3) is 16.2. The highest BCUT2D eigenvalue weighted by Crippen LogP contribution is 2.29. The van der Waals surface area contributed by atoms with Crippen molar-refractivity contribution in [3.63, 3.8) is 0 Å². The molecule has 0 aliphatic heterocycles. The van der Waals surface area contributed by atoms with E-state index in [9.17, 15) is 0 Å². The van der Waals surface area contributed by atoms with E-state index in [-0.39, 0.29) is 0 Å². The Morgan fingerprint density at radius 2 is 1.13 bits per heavy atom. The molecule has 0 atom stereocenters. The summed E-state index contributed by atoms with van der Waals surface area (Å²) in [5.74, 6) is 1.30. The van der Waals surface area contributed by atoms with Crippen molar-refractivity contribution in [2.24, 2.45) is 0 Å². The zero-order chi connectivity index (χ0) is 36.9. The molecule has 2 aliphatic rings. The first-order valence-electron chi connectivity index (χ1n) is 18.0. The summed E-state index contributed by atoms with van der Waals surface area (Å²) in [6.07, 6.45) is 20.5. The quantitative estimate of drug-likeness (QED) is 0.183. The smallest absolute Gasteiger partial charge is 0.220 e. The van der Waals surface area contributed by atoms with Crippen LogP contribution in [0.5, 0.6) is 0 Å². The molecule has 268 valence electrons. The average Bonchev–Trinajstić information content (AvgIpc) is 3.88. The monoisotopic (exact) mass is 692 g/mol. The van der Waals surface area contributed by atoms with Crippen molar-refractivity contribution in [1.82, 2.24) is 20.4 Å². The maximum absolute atomic E-state index is 5.28. The SMILES string of the molecule is C1=CC(c2ccccc2)=C(Cc2nnco2)CCC1.CC.Cc1ccccc1C1=CCCC=C1.Cc1nnco1.c1ccccc1.c1ccccc1. The maximum atomic E-state index is 5.28. The maximum Gasteiger partial charge on any atom is 0.220 e. The molecule has 0 fully saturated rings. The Morgan fingerprint density at radius 3 is 1.63 bits per heavy atom. The van der Waals surface area contributed by atoms with Gasteiger partial charge in [-0.1, -0.05) is 177 Å². The van der Waals surface area contributed by atoms with Crippen molar-refractivity contribution in [2.75, 3.05) is 0 Å². The molecular formula is C46H52N4O2. The molecule has 0 amide bonds. The third-order valence-electron chi connectivity index (χ3n) is 7.62. The predicted molar refractivity (Wildman–Crippen MR) is 215 cm³/mol. The minimum Gasteiger partial charge on any atom is -0.428 e. The molecule has 52 heavy (non-hydrogen) atoms. The van der Waals surface area contributed by atoms with Crippen molar-refractivity contribution in [3.8, 4) is 0 Å². The lowest BCUT2D eigenvalue weighted by atomic mass is 9.96. The normalized spacial score (nSPS) is 12.6. The molecule has 0 saturated heterocycles. The van der Waals surface area contributed by atoms with Crippen LogP contribution >= 0.6 is 0 Å². The molecular weight excluding hydrogens is 641 g/mol. The number of aromatic nitrogens is 4. The van der Waals surface area contributed by atoms with E-state index in [0.29, 0.717) is 11.8 Å². The fourth-order valence-electron chi connectivity index (χ4n) is 5.15. The van der Waals surface area contributed by atoms with Gasteiger partial charge in [-0.15, -0.1) is 20.4 Å². The molecule has 0 bridgehead atoms. The van der Waals surface area contributed by atoms with Gasteiger partial charge >= 0.3 is 0 Å². The van der Waals surface area contributed by atoms with Gasteiger partial charge in [0.1, 0.15) is 0 Å². The lowest BCUT2D eigenvalue weighted by Crippen LogP contribution is -1.95. The van der Waals surface area contributed by atoms with E-state index in [2.05, 4.69) is 111 Å². The zero-order valence-electron chi connectivity index (χ0n) is 31.0. The Kier molecular flexibility index (Phi) is 20.3. The van der Waals surface area contributed by atoms with Gasteiger partial charge in [-0.05, 0) is 66.9 Å². The predicted octanol–water partition coefficient (Wildman–Crippen LogP) is 12.3. The Morgan fingerprint density at radius 1 is 0.577 bits per heavy atom. The molecule has 4 aromatic carbocycles. The average molecular weight is 693 g/mol. The largest absolute Gasteiger partial charge is 0.428 e. The van der Waals surface area contributed by atoms with Crippen molar-refractivity contribution >= 4 is 11.1 Å². The van der Waals surface area contributed by atoms with Gasteiger partial charge in [-0.2, -0.15) is 0 Å². The van der Waals surface area contributed by atoms with E-state index in [4.69, 9.17) is 4.42 Å². The highest BCUT2D eigenvalue weighted by molar-refractivity contribution is 5.77. The number of rotatable bonds is 4. The summed E-state index contributed by atoms with van der Waals surface area (Å²) in [4.78, 5) is 0. The summed E-state index contributed by atoms with van der Waals surface area (Å²) in [6.45, 7) is 7.91. The van der Waals surface area contributed by atoms with Crippen LogP contribution in [-0.2, 0) is 6.42 Å². The Labute approximate surface area is 310 Å². The first kappa shape index (κ1) is 40.5. The summed E-state index contributed by atoms with van der Waals surface area (Å²) in [6, 6.07) is 43.0. The fraction of sp³-hybridized carbons (Fsp3) is 0.217. The molecule has 2 aliphatic carbocycles. The minimum absolute atomic E-state index is 0.606. The van der Waals surface area contributed by atoms with E-state index in [1.54, 1.807) is 6.92 Å². The lowest BCUT2D eigenvalue weighted by Gasteiger charge is -2.10. The van der Waals surface area contributed by atoms with Crippen LogP contribution in [0.3, 0.4) is 0 Å². The van der Waals surface area contributed by atoms with Crippen LogP contribution in [0.1, 0.15) is 74.4 Å². The molecule has 6 aromatic rings. The van der Waals surface area contributed by atoms with Gasteiger partial charge in [0, 0.05) is 13.3 Å². The molecule has 2 aromatic heterocycles. The molecule has 6 nitrogen and oxygen atoms in total. The molecule has 8 rings (SSSR count). The first-order valence-corrected chi connectivity index (χ1v) is 18.0. The van der Waals surface area contributed by atoms with Gasteiger partial charge < -0.3 is 8.83 Å². The van der Waals surface area contributed by atoms with E-state index in [0.717, 1.165) is 19.3 Å². The van der Waals surface area contributed by atoms with E-state index in [1.165, 1.54) is 65.5 Å². The Hall–Kier alpha value is -5.88. The second-order valence-electron chi connectivity index (χ2n) is 11.4. The summed E-state index contributed by atoms with van der Waals surface area (Å²) < 4.78 is 9.89. The molecule has 0 unspecified atom stereocenters. The molecule has 0 saturated carbocycles. The summed E-state index contributed by atoms with van der Waals surface area (Å²) in [5.41, 5.74) is 8.05. The zero-order valence-corrected chi connectivity index (χ0v) is 31.0. The molecule has 6 heteroatoms. The second kappa shape index (κ2) is 26.0. The topological polar surface area (TPSA) is 77.8 Å². The standard InChI is InChI=1S/C16H16N2O.C13H14.2C6H6.C3H4N2O.C2H6/c1-3-7-13(8-4-1)15-10-6-2-5-9-14(15)11-16-18-17-12-19-16;1-11-7-5-6-10-13(11)12-8-3-2-4-9-12;2*1-2-4-6-5-3-1;1-3-5-4-2-6-3;1-2/h1,3-4,6-8,10,12H,2,5,9,11H2;3,5-10H,2,4H2,1H3;2*1-6H;2H,1H3;1-2H3. The molecule has 0 spiro atoms. The van der Waals surface area contributed by atoms with Gasteiger partial charge in [0.2, 0.25) is 24.6 Å². The molecule has 2 heterocycles. The van der Waals surface area contributed by atoms with Crippen molar-refractivity contribution < 1.29 is 8.83 Å². The fourth-order valence-corrected chi connectivity index (χ4v) is 5.15. The van der Waals surface area contributed by atoms with Crippen LogP contribution in [-0.4, -0.2) is 20.4 Å². The van der Waals surface area contributed by atoms with Crippen LogP contribution in [0.2, 0.25) is 0 Å². The van der Waals surface area contributed by atoms with Crippen molar-refractivity contribution in [3.05, 3.63) is 205 Å². The van der Waals surface area contributed by atoms with Gasteiger partial charge in [0.25, 0.3) is 0 Å². The van der Waals surface area contributed by atoms with Crippen LogP contribution < -0.4 is 0 Å². The van der Waals surface area contributed by atoms with Gasteiger partial charge in [0.15, 0.2) is 0 Å². The van der Waals surface area contributed by atoms with Crippen LogP contribution in [0.25, 0.3) is 11.1 Å². The van der Waals surface area contributed by atoms with E-state index < -0.39 is 0 Å². The number of hydrogen-bond acceptors (Lipinski definition) is 6. The van der Waals surface area contributed by atoms with Crippen LogP contribution in [0.4, 0.5) is 0 Å². The first-order chi connectivity index (χ1) is 25.7. The van der Waals surface area contributed by atoms with Crippen molar-refractivity contribution in [2.45, 2.75) is 66.2 Å². The third-order valence-corrected chi connectivity index (χ3v) is 7.62. The van der Waals surface area contributed by atoms with Crippen LogP contribution in [0, 0.1) is 13.8 Å². The molecule has 0 radical (unpaired) electrons. The number of hydrogen-bond donors (Lipinski definition) is 0. The molecule has 0 N–H and O–H groups in total. The number of benzene rings is 4. The Balaban J connectivity index is 0.000000190. The lowest BCUT2D eigenvalue weighted by molar-refractivity contribution is 0.501. The van der Waals surface area contributed by atoms with E-state index in [1.807, 2.05) is 92.7 Å². The highest BCUT2D eigenvalue weighted by Gasteiger charge is 2.12. The van der Waals surface area contributed by atoms with Crippen LogP contribution in [0.15, 0.2) is 185 Å². The van der Waals surface area contributed by atoms with Crippen molar-refractivity contribution in [1.29, 1.82) is 0 Å². The number of aryl methyl sites for hydroxylation is 2. The van der Waals surface area contributed by atoms with E-state index >= 15 is 0 Å². The summed E-state index contributed by atoms with van der Waals surface area (Å²) in [5, 5.41) is 14.7. The second-order valence-corrected chi connectivity index (χ2v) is 11.4. The van der Waals surface area contributed by atoms with Gasteiger partial charge in [-0.3, -0.25) is 0 Å². The Bertz CT molecular complexity index is 1760. The number of nitrogens with zero attached hydrogens (tertiary/aromatic N) is 4. The minimum atomic E-state index is 0.606. The highest BCUT2D eigenvalue weighted by atomic mass is 16.4. The van der Waals surface area contributed by atoms with Gasteiger partial charge in [0.05, 0.1) is 0 Å². The number of allylic oxidation sites excluding steroid dienone is 8.